The average molecular weight is 390 g/mol. The molecule has 0 spiro atoms. The van der Waals surface area contributed by atoms with Crippen LogP contribution in [0.25, 0.3) is 0 Å². The Kier molecular flexibility index (Phi) is 5.55. The fourth-order valence-electron chi connectivity index (χ4n) is 2.21. The number of nitrogens with one attached hydrogen (secondary N) is 1. The van der Waals surface area contributed by atoms with Crippen molar-refractivity contribution in [2.24, 2.45) is 0 Å². The van der Waals surface area contributed by atoms with Crippen LogP contribution in [0.2, 0.25) is 0 Å². The third kappa shape index (κ3) is 4.94. The maximum Gasteiger partial charge on any atom is 0.418 e. The molecule has 0 saturated heterocycles. The molecule has 1 amide bonds. The van der Waals surface area contributed by atoms with Gasteiger partial charge < -0.3 is 5.32 Å². The molecule has 140 valence electrons. The molecule has 26 heavy (non-hydrogen) atoms. The Morgan fingerprint density at radius 2 is 1.77 bits per heavy atom. The Morgan fingerprint density at radius 1 is 1.12 bits per heavy atom. The molecule has 2 aromatic rings. The normalized spacial score (nSPS) is 11.9. The van der Waals surface area contributed by atoms with E-state index in [1.807, 2.05) is 0 Å². The van der Waals surface area contributed by atoms with Gasteiger partial charge in [-0.15, -0.1) is 0 Å². The zero-order chi connectivity index (χ0) is 19.5. The second-order valence-corrected chi connectivity index (χ2v) is 7.25. The summed E-state index contributed by atoms with van der Waals surface area (Å²) >= 11 is 0. The Hall–Kier alpha value is -2.62. The van der Waals surface area contributed by atoms with E-state index in [-0.39, 0.29) is 5.69 Å². The van der Waals surface area contributed by atoms with Crippen molar-refractivity contribution >= 4 is 27.3 Å². The van der Waals surface area contributed by atoms with Crippen molar-refractivity contribution in [2.75, 3.05) is 22.4 Å². The first-order chi connectivity index (χ1) is 12.0. The molecule has 2 aromatic carbocycles. The summed E-state index contributed by atoms with van der Waals surface area (Å²) in [5.74, 6) is -1.55. The van der Waals surface area contributed by atoms with Crippen molar-refractivity contribution in [1.82, 2.24) is 0 Å². The minimum Gasteiger partial charge on any atom is -0.324 e. The van der Waals surface area contributed by atoms with E-state index in [2.05, 4.69) is 5.32 Å². The SMILES string of the molecule is CS(=O)(=O)N(CC(=O)Nc1cccc(F)c1)c1ccccc1C(F)(F)F. The van der Waals surface area contributed by atoms with Crippen LogP contribution in [0, 0.1) is 5.82 Å². The molecule has 0 aromatic heterocycles. The van der Waals surface area contributed by atoms with Crippen LogP contribution in [0.1, 0.15) is 5.56 Å². The summed E-state index contributed by atoms with van der Waals surface area (Å²) in [5.41, 5.74) is -1.81. The molecule has 0 bridgehead atoms. The molecular weight excluding hydrogens is 376 g/mol. The number of amides is 1. The number of benzene rings is 2. The van der Waals surface area contributed by atoms with Crippen LogP contribution >= 0.6 is 0 Å². The van der Waals surface area contributed by atoms with Crippen LogP contribution in [0.4, 0.5) is 28.9 Å². The van der Waals surface area contributed by atoms with Gasteiger partial charge >= 0.3 is 6.18 Å². The molecule has 0 aliphatic heterocycles. The number of hydrogen-bond acceptors (Lipinski definition) is 3. The lowest BCUT2D eigenvalue weighted by molar-refractivity contribution is -0.137. The zero-order valence-corrected chi connectivity index (χ0v) is 14.2. The van der Waals surface area contributed by atoms with Gasteiger partial charge in [0.1, 0.15) is 12.4 Å². The molecule has 1 N–H and O–H groups in total. The quantitative estimate of drug-likeness (QED) is 0.797. The highest BCUT2D eigenvalue weighted by Gasteiger charge is 2.36. The lowest BCUT2D eigenvalue weighted by atomic mass is 10.1. The van der Waals surface area contributed by atoms with Gasteiger partial charge in [0.05, 0.1) is 17.5 Å². The molecule has 0 radical (unpaired) electrons. The predicted molar refractivity (Wildman–Crippen MR) is 88.7 cm³/mol. The number of carbonyl (C=O) groups excluding carboxylic acids is 1. The second-order valence-electron chi connectivity index (χ2n) is 5.34. The smallest absolute Gasteiger partial charge is 0.324 e. The van der Waals surface area contributed by atoms with Crippen LogP contribution in [0.5, 0.6) is 0 Å². The van der Waals surface area contributed by atoms with Gasteiger partial charge in [-0.1, -0.05) is 18.2 Å². The molecule has 10 heteroatoms. The number of hydrogen-bond donors (Lipinski definition) is 1. The van der Waals surface area contributed by atoms with Gasteiger partial charge in [-0.2, -0.15) is 13.2 Å². The molecule has 0 aliphatic carbocycles. The Labute approximate surface area is 147 Å². The zero-order valence-electron chi connectivity index (χ0n) is 13.4. The summed E-state index contributed by atoms with van der Waals surface area (Å²) in [6, 6.07) is 8.82. The third-order valence-corrected chi connectivity index (χ3v) is 4.40. The number of carbonyl (C=O) groups is 1. The Balaban J connectivity index is 2.34. The highest BCUT2D eigenvalue weighted by molar-refractivity contribution is 7.92. The van der Waals surface area contributed by atoms with Crippen LogP contribution in [-0.4, -0.2) is 27.1 Å². The van der Waals surface area contributed by atoms with Crippen molar-refractivity contribution in [2.45, 2.75) is 6.18 Å². The van der Waals surface area contributed by atoms with Gasteiger partial charge in [0.25, 0.3) is 0 Å². The van der Waals surface area contributed by atoms with E-state index in [0.717, 1.165) is 30.3 Å². The molecule has 0 fully saturated rings. The van der Waals surface area contributed by atoms with E-state index in [9.17, 15) is 30.8 Å². The average Bonchev–Trinajstić information content (AvgIpc) is 2.51. The lowest BCUT2D eigenvalue weighted by Crippen LogP contribution is -2.38. The third-order valence-electron chi connectivity index (χ3n) is 3.27. The van der Waals surface area contributed by atoms with E-state index >= 15 is 0 Å². The number of halogens is 4. The minimum atomic E-state index is -4.81. The second kappa shape index (κ2) is 7.32. The molecular formula is C16H14F4N2O3S. The first-order valence-corrected chi connectivity index (χ1v) is 9.02. The van der Waals surface area contributed by atoms with E-state index in [1.54, 1.807) is 0 Å². The van der Waals surface area contributed by atoms with Crippen molar-refractivity contribution in [3.63, 3.8) is 0 Å². The van der Waals surface area contributed by atoms with Crippen LogP contribution in [-0.2, 0) is 21.0 Å². The Bertz CT molecular complexity index is 914. The first kappa shape index (κ1) is 19.7. The highest BCUT2D eigenvalue weighted by atomic mass is 32.2. The summed E-state index contributed by atoms with van der Waals surface area (Å²) in [6.45, 7) is -0.900. The number of rotatable bonds is 5. The lowest BCUT2D eigenvalue weighted by Gasteiger charge is -2.25. The fraction of sp³-hybridized carbons (Fsp3) is 0.188. The maximum atomic E-state index is 13.2. The van der Waals surface area contributed by atoms with Crippen molar-refractivity contribution in [3.8, 4) is 0 Å². The molecule has 0 heterocycles. The molecule has 5 nitrogen and oxygen atoms in total. The Morgan fingerprint density at radius 3 is 2.35 bits per heavy atom. The monoisotopic (exact) mass is 390 g/mol. The van der Waals surface area contributed by atoms with Gasteiger partial charge in [0.15, 0.2) is 0 Å². The van der Waals surface area contributed by atoms with Crippen LogP contribution < -0.4 is 9.62 Å². The van der Waals surface area contributed by atoms with Gasteiger partial charge in [-0.3, -0.25) is 9.10 Å². The van der Waals surface area contributed by atoms with Gasteiger partial charge in [-0.05, 0) is 30.3 Å². The van der Waals surface area contributed by atoms with Crippen LogP contribution in [0.15, 0.2) is 48.5 Å². The molecule has 0 unspecified atom stereocenters. The first-order valence-electron chi connectivity index (χ1n) is 7.18. The van der Waals surface area contributed by atoms with E-state index < -0.39 is 45.7 Å². The number of para-hydroxylation sites is 1. The predicted octanol–water partition coefficient (Wildman–Crippen LogP) is 3.25. The van der Waals surface area contributed by atoms with Crippen molar-refractivity contribution < 1.29 is 30.8 Å². The molecule has 2 rings (SSSR count). The largest absolute Gasteiger partial charge is 0.418 e. The summed E-state index contributed by atoms with van der Waals surface area (Å²) < 4.78 is 76.9. The summed E-state index contributed by atoms with van der Waals surface area (Å²) in [5, 5.41) is 2.25. The number of alkyl halides is 3. The minimum absolute atomic E-state index is 0.0487. The molecule has 0 atom stereocenters. The molecule has 0 saturated carbocycles. The fourth-order valence-corrected chi connectivity index (χ4v) is 3.08. The summed E-state index contributed by atoms with van der Waals surface area (Å²) in [7, 11) is -4.20. The topological polar surface area (TPSA) is 66.5 Å². The van der Waals surface area contributed by atoms with Crippen molar-refractivity contribution in [1.29, 1.82) is 0 Å². The van der Waals surface area contributed by atoms with E-state index in [0.29, 0.717) is 10.6 Å². The number of anilines is 2. The van der Waals surface area contributed by atoms with E-state index in [4.69, 9.17) is 0 Å². The maximum absolute atomic E-state index is 13.2. The highest BCUT2D eigenvalue weighted by Crippen LogP contribution is 2.37. The summed E-state index contributed by atoms with van der Waals surface area (Å²) in [4.78, 5) is 12.1. The number of nitrogens with zero attached hydrogens (tertiary/aromatic N) is 1. The van der Waals surface area contributed by atoms with Crippen LogP contribution in [0.3, 0.4) is 0 Å². The van der Waals surface area contributed by atoms with Gasteiger partial charge in [-0.25, -0.2) is 12.8 Å². The number of sulfonamides is 1. The van der Waals surface area contributed by atoms with Crippen molar-refractivity contribution in [3.05, 3.63) is 59.9 Å². The van der Waals surface area contributed by atoms with Gasteiger partial charge in [0.2, 0.25) is 15.9 Å². The summed E-state index contributed by atoms with van der Waals surface area (Å²) in [6.07, 6.45) is -4.12. The van der Waals surface area contributed by atoms with E-state index in [1.165, 1.54) is 18.2 Å². The standard InChI is InChI=1S/C16H14F4N2O3S/c1-26(24,25)22(14-8-3-2-7-13(14)16(18,19)20)10-15(23)21-12-6-4-5-11(17)9-12/h2-9H,10H2,1H3,(H,21,23). The molecule has 0 aliphatic rings. The van der Waals surface area contributed by atoms with Gasteiger partial charge in [0, 0.05) is 5.69 Å².